The summed E-state index contributed by atoms with van der Waals surface area (Å²) in [4.78, 5) is 4.58. The number of aromatic nitrogens is 2. The summed E-state index contributed by atoms with van der Waals surface area (Å²) in [6, 6.07) is 56.1. The monoisotopic (exact) mass is 1380 g/mol. The standard InChI is InChI=1S/C98H87BN4O2/c1-94(2,3)62-43-47-79-73(54-62)74-55-63(95(4,5)6)44-48-80(74)101(79)82-38-24-32-70-72-34-26-40-84(93(72)105-91(70)82)103-86-52-60(61-49-64(96(7,8)9)53-65(50-61)97(10,11)12)42-46-76(86)99-75-45-41-59(58-27-17-16-18-28-58)51-85(75)102(87-56-66(98(13,14)15)57-88(103)89(87)99)83-39-25-33-71-69-31-23-37-81(90(69)104-92(71)83)100-77-35-21-19-29-67(77)68-30-20-22-36-78(68)100/h16-57H,1-15H3/i16D,17D,18D,19D,20D,21D,22D,27D,28D,29D,30D,35D,36D. The highest BCUT2D eigenvalue weighted by molar-refractivity contribution is 7.00. The van der Waals surface area contributed by atoms with Crippen LogP contribution in [0.25, 0.3) is 121 Å². The lowest BCUT2D eigenvalue weighted by Gasteiger charge is -2.45. The van der Waals surface area contributed by atoms with E-state index in [-0.39, 0.29) is 72.4 Å². The number of nitrogens with zero attached hydrogens (tertiary/aromatic N) is 4. The molecule has 17 aromatic rings. The van der Waals surface area contributed by atoms with E-state index in [0.29, 0.717) is 38.9 Å². The number of hydrogen-bond acceptors (Lipinski definition) is 4. The second-order valence-corrected chi connectivity index (χ2v) is 34.0. The molecule has 2 aliphatic rings. The summed E-state index contributed by atoms with van der Waals surface area (Å²) < 4.78 is 139. The summed E-state index contributed by atoms with van der Waals surface area (Å²) in [5, 5.41) is 5.26. The highest BCUT2D eigenvalue weighted by Crippen LogP contribution is 2.53. The van der Waals surface area contributed by atoms with Crippen LogP contribution < -0.4 is 26.2 Å². The first kappa shape index (κ1) is 51.8. The number of hydrogen-bond donors (Lipinski definition) is 0. The molecule has 0 N–H and O–H groups in total. The fourth-order valence-electron chi connectivity index (χ4n) is 16.5. The SMILES string of the molecule is [2H]c1c([2H])c([2H])c(-c2ccc3c(c2)N(c2cccc4c2oc2c(-n5c6c([2H])c([2H])c([2H])c([2H])c6c6c([2H])c([2H])c([2H])c([2H])c65)cccc24)c2cc(C(C)(C)C)cc4c2B3c2ccc(-c3cc(C(C)(C)C)cc(C(C)(C)C)c3)cc2N4c2cccc3c2oc2c(-n4c5ccc(C(C)(C)C)cc5c5cc(C(C)(C)C)ccc54)cccc23)c([2H])c1[2H]. The van der Waals surface area contributed by atoms with E-state index < -0.39 is 78.6 Å². The molecular formula is C98H87BN4O2. The molecule has 4 aromatic heterocycles. The lowest BCUT2D eigenvalue weighted by molar-refractivity contribution is 0.569. The van der Waals surface area contributed by atoms with E-state index >= 15 is 0 Å². The van der Waals surface area contributed by atoms with Crippen molar-refractivity contribution in [1.29, 1.82) is 0 Å². The zero-order chi connectivity index (χ0) is 83.6. The van der Waals surface area contributed by atoms with Gasteiger partial charge < -0.3 is 27.8 Å². The molecule has 6 heterocycles. The normalized spacial score (nSPS) is 15.3. The molecular weight excluding hydrogens is 1280 g/mol. The first-order chi connectivity index (χ1) is 55.6. The third-order valence-corrected chi connectivity index (χ3v) is 22.2. The Hall–Kier alpha value is -11.3. The van der Waals surface area contributed by atoms with Crippen molar-refractivity contribution in [3.8, 4) is 33.6 Å². The van der Waals surface area contributed by atoms with Gasteiger partial charge in [-0.25, -0.2) is 0 Å². The summed E-state index contributed by atoms with van der Waals surface area (Å²) in [7, 11) is 0. The van der Waals surface area contributed by atoms with E-state index in [0.717, 1.165) is 99.7 Å². The highest BCUT2D eigenvalue weighted by atomic mass is 16.3. The molecule has 6 nitrogen and oxygen atoms in total. The molecule has 0 unspecified atom stereocenters. The molecule has 0 atom stereocenters. The Morgan fingerprint density at radius 3 is 1.07 bits per heavy atom. The Labute approximate surface area is 634 Å². The molecule has 0 radical (unpaired) electrons. The summed E-state index contributed by atoms with van der Waals surface area (Å²) in [5.41, 5.74) is 19.4. The summed E-state index contributed by atoms with van der Waals surface area (Å²) >= 11 is 0. The lowest BCUT2D eigenvalue weighted by atomic mass is 9.33. The second-order valence-electron chi connectivity index (χ2n) is 34.0. The van der Waals surface area contributed by atoms with Gasteiger partial charge >= 0.3 is 0 Å². The molecule has 0 spiro atoms. The molecule has 0 saturated heterocycles. The van der Waals surface area contributed by atoms with Gasteiger partial charge in [0, 0.05) is 65.8 Å². The molecule has 7 heteroatoms. The van der Waals surface area contributed by atoms with Crippen molar-refractivity contribution in [3.05, 3.63) is 282 Å². The third-order valence-electron chi connectivity index (χ3n) is 22.2. The second kappa shape index (κ2) is 22.6. The summed E-state index contributed by atoms with van der Waals surface area (Å²) in [6.07, 6.45) is 0. The van der Waals surface area contributed by atoms with E-state index in [9.17, 15) is 8.22 Å². The summed E-state index contributed by atoms with van der Waals surface area (Å²) in [5.74, 6) is 0. The van der Waals surface area contributed by atoms with Crippen LogP contribution in [0.3, 0.4) is 0 Å². The number of benzene rings is 13. The van der Waals surface area contributed by atoms with Crippen LogP contribution in [0.5, 0.6) is 0 Å². The zero-order valence-electron chi connectivity index (χ0n) is 74.9. The van der Waals surface area contributed by atoms with Gasteiger partial charge in [0.25, 0.3) is 6.71 Å². The predicted octanol–water partition coefficient (Wildman–Crippen LogP) is 25.6. The minimum absolute atomic E-state index is 0.0222. The predicted molar refractivity (Wildman–Crippen MR) is 448 cm³/mol. The maximum atomic E-state index is 9.55. The van der Waals surface area contributed by atoms with E-state index in [1.165, 1.54) is 26.8 Å². The smallest absolute Gasteiger partial charge is 0.252 e. The van der Waals surface area contributed by atoms with Crippen molar-refractivity contribution < 1.29 is 26.7 Å². The Morgan fingerprint density at radius 1 is 0.267 bits per heavy atom. The molecule has 514 valence electrons. The van der Waals surface area contributed by atoms with Gasteiger partial charge in [-0.3, -0.25) is 0 Å². The number of para-hydroxylation sites is 6. The van der Waals surface area contributed by atoms with E-state index in [4.69, 9.17) is 18.4 Å². The van der Waals surface area contributed by atoms with Gasteiger partial charge in [0.05, 0.1) is 62.6 Å². The van der Waals surface area contributed by atoms with Crippen LogP contribution in [-0.4, -0.2) is 15.8 Å². The van der Waals surface area contributed by atoms with Crippen LogP contribution >= 0.6 is 0 Å². The lowest BCUT2D eigenvalue weighted by Crippen LogP contribution is -2.61. The van der Waals surface area contributed by atoms with E-state index in [1.807, 2.05) is 42.5 Å². The molecule has 105 heavy (non-hydrogen) atoms. The van der Waals surface area contributed by atoms with Gasteiger partial charge in [-0.2, -0.15) is 0 Å². The Bertz CT molecular complexity index is 7140. The van der Waals surface area contributed by atoms with Crippen molar-refractivity contribution in [2.45, 2.75) is 131 Å². The first-order valence-corrected chi connectivity index (χ1v) is 36.4. The molecule has 0 saturated carbocycles. The Kier molecular flexibility index (Phi) is 11.2. The van der Waals surface area contributed by atoms with Crippen LogP contribution in [0.4, 0.5) is 34.1 Å². The van der Waals surface area contributed by atoms with Crippen LogP contribution in [0.15, 0.2) is 263 Å². The van der Waals surface area contributed by atoms with Crippen LogP contribution in [0.2, 0.25) is 0 Å². The van der Waals surface area contributed by atoms with Gasteiger partial charge in [0.2, 0.25) is 0 Å². The van der Waals surface area contributed by atoms with Gasteiger partial charge in [0.15, 0.2) is 22.3 Å². The fourth-order valence-corrected chi connectivity index (χ4v) is 16.5. The number of rotatable bonds is 6. The molecule has 13 aromatic carbocycles. The number of fused-ring (bicyclic) bond motifs is 16. The van der Waals surface area contributed by atoms with Gasteiger partial charge in [-0.05, 0) is 178 Å². The minimum Gasteiger partial charge on any atom is -0.452 e. The summed E-state index contributed by atoms with van der Waals surface area (Å²) in [6.45, 7) is 33.2. The maximum Gasteiger partial charge on any atom is 0.252 e. The van der Waals surface area contributed by atoms with Crippen LogP contribution in [0.1, 0.15) is 149 Å². The maximum absolute atomic E-state index is 9.55. The highest BCUT2D eigenvalue weighted by Gasteiger charge is 2.46. The Balaban J connectivity index is 0.925. The third kappa shape index (κ3) is 9.97. The first-order valence-electron chi connectivity index (χ1n) is 42.9. The van der Waals surface area contributed by atoms with Crippen LogP contribution in [0, 0.1) is 0 Å². The van der Waals surface area contributed by atoms with Gasteiger partial charge in [0.1, 0.15) is 0 Å². The number of furan rings is 2. The van der Waals surface area contributed by atoms with Crippen LogP contribution in [-0.2, 0) is 27.1 Å². The molecule has 0 fully saturated rings. The molecule has 19 rings (SSSR count). The van der Waals surface area contributed by atoms with E-state index in [1.54, 1.807) is 12.1 Å². The topological polar surface area (TPSA) is 42.6 Å². The fraction of sp³-hybridized carbons (Fsp3) is 0.204. The van der Waals surface area contributed by atoms with Gasteiger partial charge in [-0.1, -0.05) is 273 Å². The Morgan fingerprint density at radius 2 is 0.638 bits per heavy atom. The average Bonchev–Trinajstić information content (AvgIpc) is 0.953. The molecule has 0 amide bonds. The van der Waals surface area contributed by atoms with Crippen molar-refractivity contribution in [2.24, 2.45) is 0 Å². The van der Waals surface area contributed by atoms with Crippen molar-refractivity contribution in [3.63, 3.8) is 0 Å². The van der Waals surface area contributed by atoms with Crippen molar-refractivity contribution >= 4 is 145 Å². The average molecular weight is 1380 g/mol. The van der Waals surface area contributed by atoms with Gasteiger partial charge in [-0.15, -0.1) is 0 Å². The number of anilines is 6. The quantitative estimate of drug-likeness (QED) is 0.156. The van der Waals surface area contributed by atoms with E-state index in [2.05, 4.69) is 240 Å². The molecule has 2 aliphatic heterocycles. The molecule has 0 bridgehead atoms. The zero-order valence-corrected chi connectivity index (χ0v) is 61.9. The van der Waals surface area contributed by atoms with Crippen molar-refractivity contribution in [2.75, 3.05) is 9.80 Å². The minimum atomic E-state index is -0.554. The largest absolute Gasteiger partial charge is 0.452 e. The van der Waals surface area contributed by atoms with Crippen molar-refractivity contribution in [1.82, 2.24) is 9.13 Å². The molecule has 0 aliphatic carbocycles.